The fourth-order valence-corrected chi connectivity index (χ4v) is 2.03. The van der Waals surface area contributed by atoms with Crippen LogP contribution < -0.4 is 10.5 Å². The Bertz CT molecular complexity index is 454. The predicted octanol–water partition coefficient (Wildman–Crippen LogP) is 1.53. The lowest BCUT2D eigenvalue weighted by Crippen LogP contribution is -2.22. The summed E-state index contributed by atoms with van der Waals surface area (Å²) in [5.74, 6) is 0.531. The zero-order chi connectivity index (χ0) is 13.8. The highest BCUT2D eigenvalue weighted by molar-refractivity contribution is 5.95. The van der Waals surface area contributed by atoms with Crippen LogP contribution in [0.15, 0.2) is 18.2 Å². The second-order valence-electron chi connectivity index (χ2n) is 4.90. The maximum Gasteiger partial charge on any atom is 0.253 e. The van der Waals surface area contributed by atoms with E-state index in [9.17, 15) is 4.79 Å². The Morgan fingerprint density at radius 2 is 2.32 bits per heavy atom. The molecule has 0 aliphatic carbocycles. The first kappa shape index (κ1) is 13.7. The van der Waals surface area contributed by atoms with Crippen molar-refractivity contribution in [3.8, 4) is 5.75 Å². The van der Waals surface area contributed by atoms with E-state index in [0.29, 0.717) is 23.6 Å². The molecule has 0 spiro atoms. The number of rotatable bonds is 4. The van der Waals surface area contributed by atoms with Gasteiger partial charge in [-0.15, -0.1) is 0 Å². The summed E-state index contributed by atoms with van der Waals surface area (Å²) in [5.41, 5.74) is 6.95. The van der Waals surface area contributed by atoms with E-state index < -0.39 is 0 Å². The van der Waals surface area contributed by atoms with Gasteiger partial charge in [0.05, 0.1) is 11.8 Å². The molecule has 1 amide bonds. The van der Waals surface area contributed by atoms with Crippen LogP contribution in [0.1, 0.15) is 23.2 Å². The Morgan fingerprint density at radius 3 is 2.89 bits per heavy atom. The standard InChI is InChI=1S/C14H20N2O3/c1-16(2)14(17)10-5-6-13(12(15)8-10)19-9-11-4-3-7-18-11/h5-6,8,11H,3-4,7,9,15H2,1-2H3. The number of carbonyl (C=O) groups excluding carboxylic acids is 1. The van der Waals surface area contributed by atoms with Crippen molar-refractivity contribution in [2.24, 2.45) is 0 Å². The molecular weight excluding hydrogens is 244 g/mol. The van der Waals surface area contributed by atoms with Crippen molar-refractivity contribution >= 4 is 11.6 Å². The van der Waals surface area contributed by atoms with Crippen molar-refractivity contribution in [3.63, 3.8) is 0 Å². The lowest BCUT2D eigenvalue weighted by atomic mass is 10.1. The highest BCUT2D eigenvalue weighted by atomic mass is 16.5. The van der Waals surface area contributed by atoms with E-state index in [1.165, 1.54) is 4.90 Å². The van der Waals surface area contributed by atoms with Gasteiger partial charge in [0.25, 0.3) is 5.91 Å². The minimum absolute atomic E-state index is 0.0719. The molecule has 1 aromatic rings. The van der Waals surface area contributed by atoms with Gasteiger partial charge in [-0.25, -0.2) is 0 Å². The molecule has 5 nitrogen and oxygen atoms in total. The Kier molecular flexibility index (Phi) is 4.27. The van der Waals surface area contributed by atoms with Crippen LogP contribution in [-0.4, -0.2) is 44.2 Å². The number of benzene rings is 1. The van der Waals surface area contributed by atoms with Crippen LogP contribution in [-0.2, 0) is 4.74 Å². The molecule has 1 heterocycles. The second-order valence-corrected chi connectivity index (χ2v) is 4.90. The SMILES string of the molecule is CN(C)C(=O)c1ccc(OCC2CCCO2)c(N)c1. The molecule has 1 unspecified atom stereocenters. The largest absolute Gasteiger partial charge is 0.489 e. The highest BCUT2D eigenvalue weighted by Gasteiger charge is 2.17. The minimum atomic E-state index is -0.0719. The van der Waals surface area contributed by atoms with E-state index >= 15 is 0 Å². The monoisotopic (exact) mass is 264 g/mol. The van der Waals surface area contributed by atoms with Crippen LogP contribution in [0.5, 0.6) is 5.75 Å². The summed E-state index contributed by atoms with van der Waals surface area (Å²) in [4.78, 5) is 13.3. The van der Waals surface area contributed by atoms with Gasteiger partial charge in [-0.2, -0.15) is 0 Å². The van der Waals surface area contributed by atoms with E-state index in [0.717, 1.165) is 19.4 Å². The summed E-state index contributed by atoms with van der Waals surface area (Å²) < 4.78 is 11.1. The molecule has 1 fully saturated rings. The van der Waals surface area contributed by atoms with Gasteiger partial charge in [0.1, 0.15) is 12.4 Å². The lowest BCUT2D eigenvalue weighted by molar-refractivity contribution is 0.0682. The van der Waals surface area contributed by atoms with E-state index in [1.807, 2.05) is 0 Å². The van der Waals surface area contributed by atoms with Gasteiger partial charge in [0.2, 0.25) is 0 Å². The topological polar surface area (TPSA) is 64.8 Å². The zero-order valence-electron chi connectivity index (χ0n) is 11.4. The number of amides is 1. The van der Waals surface area contributed by atoms with Gasteiger partial charge in [-0.3, -0.25) is 4.79 Å². The third kappa shape index (κ3) is 3.38. The van der Waals surface area contributed by atoms with Gasteiger partial charge in [-0.1, -0.05) is 0 Å². The summed E-state index contributed by atoms with van der Waals surface area (Å²) in [6.45, 7) is 1.31. The van der Waals surface area contributed by atoms with Crippen molar-refractivity contribution in [2.45, 2.75) is 18.9 Å². The number of nitrogen functional groups attached to an aromatic ring is 1. The Morgan fingerprint density at radius 1 is 1.53 bits per heavy atom. The van der Waals surface area contributed by atoms with E-state index in [4.69, 9.17) is 15.2 Å². The maximum atomic E-state index is 11.8. The van der Waals surface area contributed by atoms with Crippen molar-refractivity contribution in [3.05, 3.63) is 23.8 Å². The van der Waals surface area contributed by atoms with Crippen molar-refractivity contribution in [1.82, 2.24) is 4.90 Å². The first-order chi connectivity index (χ1) is 9.08. The van der Waals surface area contributed by atoms with Crippen LogP contribution in [0.4, 0.5) is 5.69 Å². The summed E-state index contributed by atoms with van der Waals surface area (Å²) in [6.07, 6.45) is 2.26. The molecule has 104 valence electrons. The summed E-state index contributed by atoms with van der Waals surface area (Å²) in [5, 5.41) is 0. The molecule has 2 rings (SSSR count). The molecule has 5 heteroatoms. The van der Waals surface area contributed by atoms with Crippen LogP contribution in [0.2, 0.25) is 0 Å². The number of nitrogens with zero attached hydrogens (tertiary/aromatic N) is 1. The molecule has 0 aromatic heterocycles. The third-order valence-corrected chi connectivity index (χ3v) is 3.11. The second kappa shape index (κ2) is 5.93. The molecule has 1 aliphatic heterocycles. The molecule has 0 radical (unpaired) electrons. The Hall–Kier alpha value is -1.75. The van der Waals surface area contributed by atoms with Gasteiger partial charge < -0.3 is 20.1 Å². The van der Waals surface area contributed by atoms with E-state index in [2.05, 4.69) is 0 Å². The molecule has 1 aromatic carbocycles. The third-order valence-electron chi connectivity index (χ3n) is 3.11. The molecule has 1 atom stereocenters. The van der Waals surface area contributed by atoms with Crippen molar-refractivity contribution in [2.75, 3.05) is 33.0 Å². The quantitative estimate of drug-likeness (QED) is 0.838. The zero-order valence-corrected chi connectivity index (χ0v) is 11.4. The molecule has 0 saturated carbocycles. The van der Waals surface area contributed by atoms with Crippen molar-refractivity contribution in [1.29, 1.82) is 0 Å². The van der Waals surface area contributed by atoms with Crippen LogP contribution in [0.25, 0.3) is 0 Å². The van der Waals surface area contributed by atoms with Crippen LogP contribution in [0.3, 0.4) is 0 Å². The number of carbonyl (C=O) groups is 1. The fourth-order valence-electron chi connectivity index (χ4n) is 2.03. The summed E-state index contributed by atoms with van der Waals surface area (Å²) in [6, 6.07) is 5.11. The van der Waals surface area contributed by atoms with Gasteiger partial charge >= 0.3 is 0 Å². The molecule has 19 heavy (non-hydrogen) atoms. The van der Waals surface area contributed by atoms with E-state index in [-0.39, 0.29) is 12.0 Å². The Balaban J connectivity index is 2.00. The number of anilines is 1. The van der Waals surface area contributed by atoms with Crippen LogP contribution in [0, 0.1) is 0 Å². The molecule has 0 bridgehead atoms. The molecule has 2 N–H and O–H groups in total. The normalized spacial score (nSPS) is 18.3. The first-order valence-corrected chi connectivity index (χ1v) is 6.43. The highest BCUT2D eigenvalue weighted by Crippen LogP contribution is 2.24. The summed E-state index contributed by atoms with van der Waals surface area (Å²) in [7, 11) is 3.42. The Labute approximate surface area is 113 Å². The maximum absolute atomic E-state index is 11.8. The number of hydrogen-bond acceptors (Lipinski definition) is 4. The van der Waals surface area contributed by atoms with Gasteiger partial charge in [-0.05, 0) is 31.0 Å². The predicted molar refractivity (Wildman–Crippen MR) is 73.3 cm³/mol. The van der Waals surface area contributed by atoms with E-state index in [1.54, 1.807) is 32.3 Å². The van der Waals surface area contributed by atoms with Crippen molar-refractivity contribution < 1.29 is 14.3 Å². The molecule has 1 aliphatic rings. The van der Waals surface area contributed by atoms with Gasteiger partial charge in [0.15, 0.2) is 0 Å². The number of nitrogens with two attached hydrogens (primary N) is 1. The number of hydrogen-bond donors (Lipinski definition) is 1. The first-order valence-electron chi connectivity index (χ1n) is 6.43. The van der Waals surface area contributed by atoms with Gasteiger partial charge in [0, 0.05) is 26.3 Å². The fraction of sp³-hybridized carbons (Fsp3) is 0.500. The summed E-state index contributed by atoms with van der Waals surface area (Å²) >= 11 is 0. The lowest BCUT2D eigenvalue weighted by Gasteiger charge is -2.15. The van der Waals surface area contributed by atoms with Crippen LogP contribution >= 0.6 is 0 Å². The number of ether oxygens (including phenoxy) is 2. The average Bonchev–Trinajstić information content (AvgIpc) is 2.89. The minimum Gasteiger partial charge on any atom is -0.489 e. The molecular formula is C14H20N2O3. The smallest absolute Gasteiger partial charge is 0.253 e. The average molecular weight is 264 g/mol. The molecule has 1 saturated heterocycles.